The van der Waals surface area contributed by atoms with Crippen LogP contribution in [0.4, 0.5) is 10.5 Å². The fraction of sp³-hybridized carbons (Fsp3) is 0.500. The fourth-order valence-corrected chi connectivity index (χ4v) is 1.96. The predicted octanol–water partition coefficient (Wildman–Crippen LogP) is 3.52. The topological polar surface area (TPSA) is 58.6 Å². The first-order valence-corrected chi connectivity index (χ1v) is 7.45. The van der Waals surface area contributed by atoms with Crippen molar-refractivity contribution in [3.8, 4) is 0 Å². The molecule has 5 nitrogen and oxygen atoms in total. The van der Waals surface area contributed by atoms with E-state index < -0.39 is 0 Å². The van der Waals surface area contributed by atoms with Crippen LogP contribution in [0.3, 0.4) is 0 Å². The van der Waals surface area contributed by atoms with Crippen molar-refractivity contribution in [2.45, 2.75) is 33.6 Å². The minimum atomic E-state index is -0.353. The molecule has 0 unspecified atom stereocenters. The van der Waals surface area contributed by atoms with Gasteiger partial charge in [0, 0.05) is 18.8 Å². The zero-order valence-electron chi connectivity index (χ0n) is 13.0. The maximum absolute atomic E-state index is 12.1. The number of nitrogens with one attached hydrogen (secondary N) is 1. The van der Waals surface area contributed by atoms with E-state index >= 15 is 0 Å². The number of carbonyl (C=O) groups is 2. The predicted molar refractivity (Wildman–Crippen MR) is 83.6 cm³/mol. The van der Waals surface area contributed by atoms with Crippen molar-refractivity contribution in [3.05, 3.63) is 29.8 Å². The Morgan fingerprint density at radius 2 is 1.62 bits per heavy atom. The van der Waals surface area contributed by atoms with E-state index in [4.69, 9.17) is 4.74 Å². The summed E-state index contributed by atoms with van der Waals surface area (Å²) in [5.74, 6) is -0.353. The standard InChI is InChI=1S/C16H24N2O3/c1-4-11-18(12-5-2)16(20)17-14-9-7-13(8-10-14)15(19)21-6-3/h7-10H,4-6,11-12H2,1-3H3,(H,17,20). The molecule has 2 amide bonds. The molecule has 0 aliphatic heterocycles. The molecule has 0 fully saturated rings. The van der Waals surface area contributed by atoms with Crippen LogP contribution in [0.15, 0.2) is 24.3 Å². The van der Waals surface area contributed by atoms with E-state index in [9.17, 15) is 9.59 Å². The van der Waals surface area contributed by atoms with Gasteiger partial charge < -0.3 is 15.0 Å². The Kier molecular flexibility index (Phi) is 7.29. The number of rotatable bonds is 7. The van der Waals surface area contributed by atoms with Crippen molar-refractivity contribution < 1.29 is 14.3 Å². The summed E-state index contributed by atoms with van der Waals surface area (Å²) in [5, 5.41) is 2.84. The molecule has 1 rings (SSSR count). The molecule has 0 aliphatic rings. The highest BCUT2D eigenvalue weighted by Crippen LogP contribution is 2.12. The minimum Gasteiger partial charge on any atom is -0.462 e. The molecule has 0 aliphatic carbocycles. The van der Waals surface area contributed by atoms with Gasteiger partial charge in [0.25, 0.3) is 0 Å². The lowest BCUT2D eigenvalue weighted by molar-refractivity contribution is 0.0526. The molecule has 0 spiro atoms. The monoisotopic (exact) mass is 292 g/mol. The average molecular weight is 292 g/mol. The van der Waals surface area contributed by atoms with Gasteiger partial charge in [-0.25, -0.2) is 9.59 Å². The zero-order valence-corrected chi connectivity index (χ0v) is 13.0. The largest absolute Gasteiger partial charge is 0.462 e. The van der Waals surface area contributed by atoms with Crippen LogP contribution in [0, 0.1) is 0 Å². The Hall–Kier alpha value is -2.04. The third-order valence-electron chi connectivity index (χ3n) is 2.92. The third-order valence-corrected chi connectivity index (χ3v) is 2.92. The number of hydrogen-bond acceptors (Lipinski definition) is 3. The second-order valence-electron chi connectivity index (χ2n) is 4.72. The van der Waals surface area contributed by atoms with E-state index in [0.717, 1.165) is 25.9 Å². The first kappa shape index (κ1) is 17.0. The number of amides is 2. The molecule has 0 aromatic heterocycles. The van der Waals surface area contributed by atoms with E-state index in [1.54, 1.807) is 36.1 Å². The molecule has 1 aromatic rings. The van der Waals surface area contributed by atoms with Crippen molar-refractivity contribution >= 4 is 17.7 Å². The van der Waals surface area contributed by atoms with Gasteiger partial charge in [-0.1, -0.05) is 13.8 Å². The minimum absolute atomic E-state index is 0.109. The molecule has 21 heavy (non-hydrogen) atoms. The quantitative estimate of drug-likeness (QED) is 0.782. The second-order valence-corrected chi connectivity index (χ2v) is 4.72. The Labute approximate surface area is 126 Å². The number of urea groups is 1. The highest BCUT2D eigenvalue weighted by atomic mass is 16.5. The van der Waals surface area contributed by atoms with Gasteiger partial charge in [0.15, 0.2) is 0 Å². The van der Waals surface area contributed by atoms with Crippen LogP contribution in [0.1, 0.15) is 44.0 Å². The van der Waals surface area contributed by atoms with Gasteiger partial charge in [0.1, 0.15) is 0 Å². The maximum Gasteiger partial charge on any atom is 0.338 e. The van der Waals surface area contributed by atoms with Gasteiger partial charge in [0.05, 0.1) is 12.2 Å². The number of ether oxygens (including phenoxy) is 1. The lowest BCUT2D eigenvalue weighted by Gasteiger charge is -2.21. The molecule has 0 saturated heterocycles. The van der Waals surface area contributed by atoms with Gasteiger partial charge in [-0.2, -0.15) is 0 Å². The van der Waals surface area contributed by atoms with Gasteiger partial charge in [-0.15, -0.1) is 0 Å². The van der Waals surface area contributed by atoms with E-state index in [1.807, 2.05) is 13.8 Å². The third kappa shape index (κ3) is 5.45. The Morgan fingerprint density at radius 1 is 1.05 bits per heavy atom. The van der Waals surface area contributed by atoms with Crippen LogP contribution in [-0.2, 0) is 4.74 Å². The molecule has 0 bridgehead atoms. The van der Waals surface area contributed by atoms with Crippen LogP contribution in [-0.4, -0.2) is 36.6 Å². The number of esters is 1. The SMILES string of the molecule is CCCN(CCC)C(=O)Nc1ccc(C(=O)OCC)cc1. The number of hydrogen-bond donors (Lipinski definition) is 1. The smallest absolute Gasteiger partial charge is 0.338 e. The van der Waals surface area contributed by atoms with Crippen LogP contribution in [0.2, 0.25) is 0 Å². The van der Waals surface area contributed by atoms with Crippen molar-refractivity contribution in [2.24, 2.45) is 0 Å². The highest BCUT2D eigenvalue weighted by molar-refractivity contribution is 5.92. The second kappa shape index (κ2) is 9.00. The molecular formula is C16H24N2O3. The molecular weight excluding hydrogens is 268 g/mol. The summed E-state index contributed by atoms with van der Waals surface area (Å²) in [7, 11) is 0. The molecule has 0 radical (unpaired) electrons. The van der Waals surface area contributed by atoms with Crippen LogP contribution >= 0.6 is 0 Å². The van der Waals surface area contributed by atoms with Crippen molar-refractivity contribution in [1.82, 2.24) is 4.90 Å². The highest BCUT2D eigenvalue weighted by Gasteiger charge is 2.12. The average Bonchev–Trinajstić information content (AvgIpc) is 2.48. The lowest BCUT2D eigenvalue weighted by atomic mass is 10.2. The molecule has 0 atom stereocenters. The van der Waals surface area contributed by atoms with Gasteiger partial charge in [-0.3, -0.25) is 0 Å². The molecule has 0 saturated carbocycles. The Morgan fingerprint density at radius 3 is 2.10 bits per heavy atom. The number of carbonyl (C=O) groups excluding carboxylic acids is 2. The van der Waals surface area contributed by atoms with Gasteiger partial charge >= 0.3 is 12.0 Å². The summed E-state index contributed by atoms with van der Waals surface area (Å²) in [6.07, 6.45) is 1.85. The Bertz CT molecular complexity index is 451. The van der Waals surface area contributed by atoms with Crippen LogP contribution in [0.5, 0.6) is 0 Å². The summed E-state index contributed by atoms with van der Waals surface area (Å²) >= 11 is 0. The van der Waals surface area contributed by atoms with E-state index in [-0.39, 0.29) is 12.0 Å². The number of benzene rings is 1. The number of nitrogens with zero attached hydrogens (tertiary/aromatic N) is 1. The van der Waals surface area contributed by atoms with Gasteiger partial charge in [0.2, 0.25) is 0 Å². The van der Waals surface area contributed by atoms with Crippen LogP contribution < -0.4 is 5.32 Å². The van der Waals surface area contributed by atoms with Crippen molar-refractivity contribution in [3.63, 3.8) is 0 Å². The summed E-state index contributed by atoms with van der Waals surface area (Å²) in [4.78, 5) is 25.5. The summed E-state index contributed by atoms with van der Waals surface area (Å²) in [6.45, 7) is 7.68. The van der Waals surface area contributed by atoms with E-state index in [0.29, 0.717) is 17.9 Å². The normalized spacial score (nSPS) is 10.0. The summed E-state index contributed by atoms with van der Waals surface area (Å²) in [5.41, 5.74) is 1.15. The van der Waals surface area contributed by atoms with Crippen molar-refractivity contribution in [1.29, 1.82) is 0 Å². The van der Waals surface area contributed by atoms with E-state index in [2.05, 4.69) is 5.32 Å². The lowest BCUT2D eigenvalue weighted by Crippen LogP contribution is -2.36. The fourth-order valence-electron chi connectivity index (χ4n) is 1.96. The van der Waals surface area contributed by atoms with Gasteiger partial charge in [-0.05, 0) is 44.0 Å². The molecule has 1 aromatic carbocycles. The number of anilines is 1. The molecule has 5 heteroatoms. The van der Waals surface area contributed by atoms with Crippen molar-refractivity contribution in [2.75, 3.05) is 25.0 Å². The van der Waals surface area contributed by atoms with E-state index in [1.165, 1.54) is 0 Å². The first-order valence-electron chi connectivity index (χ1n) is 7.45. The van der Waals surface area contributed by atoms with Crippen LogP contribution in [0.25, 0.3) is 0 Å². The molecule has 0 heterocycles. The first-order chi connectivity index (χ1) is 10.1. The maximum atomic E-state index is 12.1. The summed E-state index contributed by atoms with van der Waals surface area (Å²) < 4.78 is 4.92. The zero-order chi connectivity index (χ0) is 15.7. The molecule has 1 N–H and O–H groups in total. The Balaban J connectivity index is 2.65. The molecule has 116 valence electrons. The summed E-state index contributed by atoms with van der Waals surface area (Å²) in [6, 6.07) is 6.61.